The number of rotatable bonds is 7. The van der Waals surface area contributed by atoms with Crippen LogP contribution in [0.25, 0.3) is 0 Å². The SMILES string of the molecule is O=S(=O)(Nc1nncs1)c1ccc(CCNC2CC2)cc1. The molecule has 2 N–H and O–H groups in total. The van der Waals surface area contributed by atoms with E-state index in [0.29, 0.717) is 6.04 Å². The van der Waals surface area contributed by atoms with Crippen LogP contribution in [-0.4, -0.2) is 31.2 Å². The third-order valence-electron chi connectivity index (χ3n) is 3.24. The Hall–Kier alpha value is -1.51. The van der Waals surface area contributed by atoms with E-state index in [0.717, 1.165) is 29.9 Å². The van der Waals surface area contributed by atoms with Crippen molar-refractivity contribution in [1.82, 2.24) is 15.5 Å². The van der Waals surface area contributed by atoms with Crippen LogP contribution in [0.1, 0.15) is 18.4 Å². The number of hydrogen-bond donors (Lipinski definition) is 2. The minimum absolute atomic E-state index is 0.233. The van der Waals surface area contributed by atoms with Gasteiger partial charge >= 0.3 is 0 Å². The molecule has 0 amide bonds. The van der Waals surface area contributed by atoms with Crippen molar-refractivity contribution in [1.29, 1.82) is 0 Å². The summed E-state index contributed by atoms with van der Waals surface area (Å²) in [7, 11) is -3.58. The highest BCUT2D eigenvalue weighted by Crippen LogP contribution is 2.19. The van der Waals surface area contributed by atoms with Gasteiger partial charge in [-0.15, -0.1) is 10.2 Å². The van der Waals surface area contributed by atoms with Gasteiger partial charge in [0.05, 0.1) is 4.90 Å². The maximum atomic E-state index is 12.1. The van der Waals surface area contributed by atoms with E-state index in [1.54, 1.807) is 12.1 Å². The quantitative estimate of drug-likeness (QED) is 0.809. The molecule has 112 valence electrons. The summed E-state index contributed by atoms with van der Waals surface area (Å²) in [6.45, 7) is 0.930. The molecule has 0 aliphatic heterocycles. The summed E-state index contributed by atoms with van der Waals surface area (Å²) in [5, 5.41) is 11.0. The predicted octanol–water partition coefficient (Wildman–Crippen LogP) is 1.63. The molecule has 0 atom stereocenters. The van der Waals surface area contributed by atoms with Crippen molar-refractivity contribution in [2.45, 2.75) is 30.2 Å². The maximum absolute atomic E-state index is 12.1. The second kappa shape index (κ2) is 6.08. The van der Waals surface area contributed by atoms with E-state index in [9.17, 15) is 8.42 Å². The zero-order valence-corrected chi connectivity index (χ0v) is 13.0. The Morgan fingerprint density at radius 2 is 2.00 bits per heavy atom. The van der Waals surface area contributed by atoms with Gasteiger partial charge in [-0.2, -0.15) is 0 Å². The first-order valence-electron chi connectivity index (χ1n) is 6.75. The van der Waals surface area contributed by atoms with Crippen molar-refractivity contribution in [3.8, 4) is 0 Å². The first-order valence-corrected chi connectivity index (χ1v) is 9.11. The molecule has 2 aromatic rings. The number of aromatic nitrogens is 2. The zero-order valence-electron chi connectivity index (χ0n) is 11.3. The van der Waals surface area contributed by atoms with E-state index in [-0.39, 0.29) is 10.0 Å². The highest BCUT2D eigenvalue weighted by atomic mass is 32.2. The smallest absolute Gasteiger partial charge is 0.263 e. The molecule has 3 rings (SSSR count). The van der Waals surface area contributed by atoms with Gasteiger partial charge in [-0.1, -0.05) is 23.5 Å². The Morgan fingerprint density at radius 3 is 2.62 bits per heavy atom. The second-order valence-electron chi connectivity index (χ2n) is 4.97. The lowest BCUT2D eigenvalue weighted by molar-refractivity contribution is 0.601. The van der Waals surface area contributed by atoms with Crippen LogP contribution in [0.5, 0.6) is 0 Å². The molecule has 0 radical (unpaired) electrons. The second-order valence-corrected chi connectivity index (χ2v) is 7.49. The fourth-order valence-corrected chi connectivity index (χ4v) is 3.63. The largest absolute Gasteiger partial charge is 0.314 e. The summed E-state index contributed by atoms with van der Waals surface area (Å²) < 4.78 is 26.7. The van der Waals surface area contributed by atoms with Gasteiger partial charge in [-0.3, -0.25) is 4.72 Å². The molecule has 1 saturated carbocycles. The molecule has 0 spiro atoms. The lowest BCUT2D eigenvalue weighted by Gasteiger charge is -2.07. The fourth-order valence-electron chi connectivity index (χ4n) is 1.93. The average Bonchev–Trinajstić information content (AvgIpc) is 3.15. The lowest BCUT2D eigenvalue weighted by atomic mass is 10.1. The van der Waals surface area contributed by atoms with Crippen molar-refractivity contribution in [2.75, 3.05) is 11.3 Å². The van der Waals surface area contributed by atoms with Crippen molar-refractivity contribution in [3.05, 3.63) is 35.3 Å². The summed E-state index contributed by atoms with van der Waals surface area (Å²) in [6.07, 6.45) is 3.45. The van der Waals surface area contributed by atoms with Gasteiger partial charge in [0, 0.05) is 6.04 Å². The minimum atomic E-state index is -3.58. The van der Waals surface area contributed by atoms with E-state index >= 15 is 0 Å². The third-order valence-corrected chi connectivity index (χ3v) is 5.33. The summed E-state index contributed by atoms with van der Waals surface area (Å²) >= 11 is 1.15. The zero-order chi connectivity index (χ0) is 14.7. The van der Waals surface area contributed by atoms with Crippen LogP contribution in [0.15, 0.2) is 34.7 Å². The predicted molar refractivity (Wildman–Crippen MR) is 81.9 cm³/mol. The Kier molecular flexibility index (Phi) is 4.18. The molecule has 0 unspecified atom stereocenters. The number of nitrogens with one attached hydrogen (secondary N) is 2. The molecule has 6 nitrogen and oxygen atoms in total. The Labute approximate surface area is 127 Å². The van der Waals surface area contributed by atoms with Crippen LogP contribution >= 0.6 is 11.3 Å². The molecule has 1 aliphatic carbocycles. The number of hydrogen-bond acceptors (Lipinski definition) is 6. The van der Waals surface area contributed by atoms with Crippen molar-refractivity contribution >= 4 is 26.5 Å². The van der Waals surface area contributed by atoms with Crippen LogP contribution in [0.4, 0.5) is 5.13 Å². The maximum Gasteiger partial charge on any atom is 0.263 e. The Morgan fingerprint density at radius 1 is 1.24 bits per heavy atom. The van der Waals surface area contributed by atoms with Crippen LogP contribution in [-0.2, 0) is 16.4 Å². The van der Waals surface area contributed by atoms with E-state index in [2.05, 4.69) is 20.2 Å². The van der Waals surface area contributed by atoms with E-state index in [1.165, 1.54) is 18.4 Å². The Balaban J connectivity index is 1.62. The van der Waals surface area contributed by atoms with Crippen LogP contribution in [0.2, 0.25) is 0 Å². The molecule has 0 saturated heterocycles. The normalized spacial score (nSPS) is 15.0. The topological polar surface area (TPSA) is 84.0 Å². The molecule has 1 heterocycles. The van der Waals surface area contributed by atoms with Gasteiger partial charge in [0.1, 0.15) is 5.51 Å². The monoisotopic (exact) mass is 324 g/mol. The first kappa shape index (κ1) is 14.4. The summed E-state index contributed by atoms with van der Waals surface area (Å²) in [4.78, 5) is 0.233. The first-order chi connectivity index (χ1) is 10.1. The van der Waals surface area contributed by atoms with E-state index in [1.807, 2.05) is 12.1 Å². The number of anilines is 1. The van der Waals surface area contributed by atoms with Gasteiger partial charge in [0.2, 0.25) is 5.13 Å². The molecule has 21 heavy (non-hydrogen) atoms. The standard InChI is InChI=1S/C13H16N4O2S2/c18-21(19,17-13-16-15-9-20-13)12-5-1-10(2-6-12)7-8-14-11-3-4-11/h1-2,5-6,9,11,14H,3-4,7-8H2,(H,16,17). The van der Waals surface area contributed by atoms with E-state index < -0.39 is 10.0 Å². The van der Waals surface area contributed by atoms with Crippen molar-refractivity contribution < 1.29 is 8.42 Å². The van der Waals surface area contributed by atoms with Crippen molar-refractivity contribution in [3.63, 3.8) is 0 Å². The molecule has 1 aromatic carbocycles. The van der Waals surface area contributed by atoms with Crippen LogP contribution in [0.3, 0.4) is 0 Å². The highest BCUT2D eigenvalue weighted by molar-refractivity contribution is 7.93. The molecule has 0 bridgehead atoms. The number of nitrogens with zero attached hydrogens (tertiary/aromatic N) is 2. The van der Waals surface area contributed by atoms with Gasteiger partial charge in [-0.05, 0) is 43.5 Å². The molecule has 8 heteroatoms. The number of benzene rings is 1. The summed E-state index contributed by atoms with van der Waals surface area (Å²) in [6, 6.07) is 7.64. The molecule has 1 fully saturated rings. The van der Waals surface area contributed by atoms with Gasteiger partial charge in [-0.25, -0.2) is 8.42 Å². The molecular formula is C13H16N4O2S2. The third kappa shape index (κ3) is 3.99. The average molecular weight is 324 g/mol. The highest BCUT2D eigenvalue weighted by Gasteiger charge is 2.19. The van der Waals surface area contributed by atoms with Crippen molar-refractivity contribution in [2.24, 2.45) is 0 Å². The van der Waals surface area contributed by atoms with Crippen LogP contribution < -0.4 is 10.0 Å². The molecular weight excluding hydrogens is 308 g/mol. The lowest BCUT2D eigenvalue weighted by Crippen LogP contribution is -2.19. The number of sulfonamides is 1. The fraction of sp³-hybridized carbons (Fsp3) is 0.385. The van der Waals surface area contributed by atoms with Gasteiger partial charge < -0.3 is 5.32 Å². The minimum Gasteiger partial charge on any atom is -0.314 e. The molecule has 1 aromatic heterocycles. The summed E-state index contributed by atoms with van der Waals surface area (Å²) in [5.41, 5.74) is 2.60. The Bertz CT molecular complexity index is 679. The summed E-state index contributed by atoms with van der Waals surface area (Å²) in [5.74, 6) is 0. The van der Waals surface area contributed by atoms with Gasteiger partial charge in [0.25, 0.3) is 10.0 Å². The van der Waals surface area contributed by atoms with Crippen LogP contribution in [0, 0.1) is 0 Å². The van der Waals surface area contributed by atoms with E-state index in [4.69, 9.17) is 0 Å². The molecule has 1 aliphatic rings. The van der Waals surface area contributed by atoms with Gasteiger partial charge in [0.15, 0.2) is 0 Å².